The van der Waals surface area contributed by atoms with E-state index in [1.165, 1.54) is 0 Å². The molecule has 0 aliphatic carbocycles. The van der Waals surface area contributed by atoms with Gasteiger partial charge >= 0.3 is 0 Å². The average Bonchev–Trinajstić information content (AvgIpc) is 2.64. The summed E-state index contributed by atoms with van der Waals surface area (Å²) in [6.07, 6.45) is 3.77. The van der Waals surface area contributed by atoms with Crippen LogP contribution in [0.15, 0.2) is 0 Å². The molecule has 1 heterocycles. The van der Waals surface area contributed by atoms with E-state index in [1.807, 2.05) is 0 Å². The highest BCUT2D eigenvalue weighted by atomic mass is 28.2. The molecule has 1 aliphatic rings. The van der Waals surface area contributed by atoms with Crippen LogP contribution in [0.3, 0.4) is 0 Å². The lowest BCUT2D eigenvalue weighted by Crippen LogP contribution is -2.21. The second-order valence-electron chi connectivity index (χ2n) is 3.36. The van der Waals surface area contributed by atoms with Crippen molar-refractivity contribution in [2.75, 3.05) is 13.2 Å². The predicted molar refractivity (Wildman–Crippen MR) is 51.8 cm³/mol. The number of hydrogen-bond acceptors (Lipinski definition) is 3. The van der Waals surface area contributed by atoms with Crippen LogP contribution in [-0.4, -0.2) is 40.0 Å². The van der Waals surface area contributed by atoms with Crippen LogP contribution in [0.1, 0.15) is 26.2 Å². The second-order valence-corrected chi connectivity index (χ2v) is 4.09. The summed E-state index contributed by atoms with van der Waals surface area (Å²) in [5.74, 6) is 0. The van der Waals surface area contributed by atoms with Gasteiger partial charge in [0.25, 0.3) is 0 Å². The van der Waals surface area contributed by atoms with Crippen molar-refractivity contribution in [1.82, 2.24) is 0 Å². The number of rotatable bonds is 6. The third-order valence-electron chi connectivity index (χ3n) is 2.32. The van der Waals surface area contributed by atoms with Gasteiger partial charge in [-0.1, -0.05) is 6.92 Å². The van der Waals surface area contributed by atoms with Gasteiger partial charge in [-0.25, -0.2) is 0 Å². The van der Waals surface area contributed by atoms with Crippen LogP contribution in [0.25, 0.3) is 0 Å². The predicted octanol–water partition coefficient (Wildman–Crippen LogP) is 0.990. The highest BCUT2D eigenvalue weighted by Crippen LogP contribution is 2.14. The first-order valence-electron chi connectivity index (χ1n) is 4.97. The number of ether oxygens (including phenoxy) is 2. The average molecular weight is 202 g/mol. The Balaban J connectivity index is 2.07. The standard InChI is InChI=1S/C9H18O3Si/c1-2-8(7-13-10)12-6-9-4-3-5-11-9/h8-10H,2-7H2,1H3. The Labute approximate surface area is 82.4 Å². The highest BCUT2D eigenvalue weighted by Gasteiger charge is 2.17. The van der Waals surface area contributed by atoms with E-state index < -0.39 is 0 Å². The zero-order chi connectivity index (χ0) is 9.52. The summed E-state index contributed by atoms with van der Waals surface area (Å²) in [7, 11) is -0.000552. The fraction of sp³-hybridized carbons (Fsp3) is 1.00. The lowest BCUT2D eigenvalue weighted by atomic mass is 10.2. The molecule has 2 atom stereocenters. The van der Waals surface area contributed by atoms with Gasteiger partial charge in [-0.2, -0.15) is 0 Å². The molecule has 1 rings (SSSR count). The van der Waals surface area contributed by atoms with Crippen LogP contribution >= 0.6 is 0 Å². The topological polar surface area (TPSA) is 38.7 Å². The molecule has 2 unspecified atom stereocenters. The molecule has 0 bridgehead atoms. The first-order valence-corrected chi connectivity index (χ1v) is 6.12. The molecular formula is C9H18O3Si. The monoisotopic (exact) mass is 202 g/mol. The third kappa shape index (κ3) is 4.22. The minimum absolute atomic E-state index is 0.000552. The van der Waals surface area contributed by atoms with Gasteiger partial charge in [-0.3, -0.25) is 0 Å². The lowest BCUT2D eigenvalue weighted by molar-refractivity contribution is -0.0152. The molecule has 0 aromatic heterocycles. The van der Waals surface area contributed by atoms with Crippen molar-refractivity contribution in [3.05, 3.63) is 0 Å². The Hall–Kier alpha value is 0.0969. The Kier molecular flexibility index (Phi) is 5.62. The van der Waals surface area contributed by atoms with Crippen LogP contribution in [0.2, 0.25) is 6.04 Å². The minimum atomic E-state index is -0.000552. The summed E-state index contributed by atoms with van der Waals surface area (Å²) < 4.78 is 11.1. The summed E-state index contributed by atoms with van der Waals surface area (Å²) in [4.78, 5) is 8.78. The van der Waals surface area contributed by atoms with E-state index >= 15 is 0 Å². The SMILES string of the molecule is CCC(C[Si]O)OCC1CCCO1. The Morgan fingerprint density at radius 1 is 1.69 bits per heavy atom. The maximum absolute atomic E-state index is 8.78. The van der Waals surface area contributed by atoms with Gasteiger partial charge in [0.15, 0.2) is 0 Å². The molecule has 1 N–H and O–H groups in total. The molecular weight excluding hydrogens is 184 g/mol. The maximum Gasteiger partial charge on any atom is 0.226 e. The summed E-state index contributed by atoms with van der Waals surface area (Å²) in [5, 5.41) is 0. The fourth-order valence-corrected chi connectivity index (χ4v) is 2.05. The van der Waals surface area contributed by atoms with Gasteiger partial charge in [0.05, 0.1) is 18.8 Å². The Morgan fingerprint density at radius 3 is 3.08 bits per heavy atom. The van der Waals surface area contributed by atoms with E-state index in [-0.39, 0.29) is 15.9 Å². The molecule has 3 nitrogen and oxygen atoms in total. The molecule has 1 saturated heterocycles. The van der Waals surface area contributed by atoms with E-state index in [9.17, 15) is 0 Å². The van der Waals surface area contributed by atoms with Gasteiger partial charge in [-0.15, -0.1) is 0 Å². The molecule has 0 amide bonds. The van der Waals surface area contributed by atoms with Crippen LogP contribution in [0, 0.1) is 0 Å². The smallest absolute Gasteiger partial charge is 0.226 e. The van der Waals surface area contributed by atoms with E-state index in [0.717, 1.165) is 31.9 Å². The van der Waals surface area contributed by atoms with Crippen molar-refractivity contribution >= 4 is 9.76 Å². The van der Waals surface area contributed by atoms with Crippen molar-refractivity contribution < 1.29 is 14.3 Å². The molecule has 1 aliphatic heterocycles. The van der Waals surface area contributed by atoms with E-state index in [4.69, 9.17) is 14.3 Å². The molecule has 76 valence electrons. The first-order chi connectivity index (χ1) is 6.36. The van der Waals surface area contributed by atoms with Gasteiger partial charge in [0.2, 0.25) is 9.76 Å². The Morgan fingerprint density at radius 2 is 2.54 bits per heavy atom. The molecule has 0 aromatic carbocycles. The van der Waals surface area contributed by atoms with E-state index in [2.05, 4.69) is 6.92 Å². The molecule has 0 spiro atoms. The van der Waals surface area contributed by atoms with Gasteiger partial charge in [0.1, 0.15) is 0 Å². The molecule has 4 heteroatoms. The minimum Gasteiger partial charge on any atom is -0.432 e. The van der Waals surface area contributed by atoms with Crippen LogP contribution in [0.4, 0.5) is 0 Å². The normalized spacial score (nSPS) is 24.9. The lowest BCUT2D eigenvalue weighted by Gasteiger charge is -2.17. The van der Waals surface area contributed by atoms with E-state index in [0.29, 0.717) is 12.7 Å². The quantitative estimate of drug-likeness (QED) is 0.653. The van der Waals surface area contributed by atoms with Crippen LogP contribution in [0.5, 0.6) is 0 Å². The van der Waals surface area contributed by atoms with Gasteiger partial charge in [0, 0.05) is 6.61 Å². The second kappa shape index (κ2) is 6.54. The van der Waals surface area contributed by atoms with Crippen molar-refractivity contribution in [3.63, 3.8) is 0 Å². The number of hydrogen-bond donors (Lipinski definition) is 1. The van der Waals surface area contributed by atoms with Crippen LogP contribution < -0.4 is 0 Å². The van der Waals surface area contributed by atoms with Crippen LogP contribution in [-0.2, 0) is 9.47 Å². The summed E-state index contributed by atoms with van der Waals surface area (Å²) in [5.41, 5.74) is 0. The molecule has 2 radical (unpaired) electrons. The highest BCUT2D eigenvalue weighted by molar-refractivity contribution is 6.25. The van der Waals surface area contributed by atoms with Crippen molar-refractivity contribution in [1.29, 1.82) is 0 Å². The molecule has 13 heavy (non-hydrogen) atoms. The maximum atomic E-state index is 8.78. The zero-order valence-electron chi connectivity index (χ0n) is 8.16. The summed E-state index contributed by atoms with van der Waals surface area (Å²) in [6, 6.07) is 0.767. The van der Waals surface area contributed by atoms with Gasteiger partial charge < -0.3 is 14.3 Å². The molecule has 0 aromatic rings. The van der Waals surface area contributed by atoms with Crippen molar-refractivity contribution in [2.24, 2.45) is 0 Å². The van der Waals surface area contributed by atoms with E-state index in [1.54, 1.807) is 0 Å². The summed E-state index contributed by atoms with van der Waals surface area (Å²) >= 11 is 0. The molecule has 0 saturated carbocycles. The molecule has 1 fully saturated rings. The summed E-state index contributed by atoms with van der Waals surface area (Å²) in [6.45, 7) is 3.66. The third-order valence-corrected chi connectivity index (χ3v) is 2.95. The Bertz CT molecular complexity index is 126. The van der Waals surface area contributed by atoms with Crippen molar-refractivity contribution in [3.8, 4) is 0 Å². The largest absolute Gasteiger partial charge is 0.432 e. The first kappa shape index (κ1) is 11.2. The fourth-order valence-electron chi connectivity index (χ4n) is 1.44. The van der Waals surface area contributed by atoms with Gasteiger partial charge in [-0.05, 0) is 25.3 Å². The van der Waals surface area contributed by atoms with Crippen molar-refractivity contribution in [2.45, 2.75) is 44.4 Å². The zero-order valence-corrected chi connectivity index (χ0v) is 9.16.